The number of rotatable bonds is 1. The quantitative estimate of drug-likeness (QED) is 0.508. The van der Waals surface area contributed by atoms with Crippen molar-refractivity contribution < 1.29 is 0 Å². The number of aryl methyl sites for hydroxylation is 2. The number of thiol groups is 1. The fourth-order valence-corrected chi connectivity index (χ4v) is 2.84. The zero-order chi connectivity index (χ0) is 14.9. The molecule has 0 aliphatic carbocycles. The first-order valence-corrected chi connectivity index (χ1v) is 6.64. The minimum Gasteiger partial charge on any atom is -0.238 e. The van der Waals surface area contributed by atoms with Crippen LogP contribution in [0.3, 0.4) is 0 Å². The predicted octanol–water partition coefficient (Wildman–Crippen LogP) is 5.67. The lowest BCUT2D eigenvalue weighted by Crippen LogP contribution is -1.93. The van der Waals surface area contributed by atoms with Crippen LogP contribution in [-0.4, -0.2) is 0 Å². The van der Waals surface area contributed by atoms with Gasteiger partial charge in [-0.2, -0.15) is 12.6 Å². The van der Waals surface area contributed by atoms with Crippen LogP contribution in [0.25, 0.3) is 20.8 Å². The van der Waals surface area contributed by atoms with Crippen molar-refractivity contribution in [2.45, 2.75) is 25.7 Å². The summed E-state index contributed by atoms with van der Waals surface area (Å²) in [7, 11) is 0. The second-order valence-electron chi connectivity index (χ2n) is 4.75. The van der Waals surface area contributed by atoms with E-state index >= 15 is 0 Å². The van der Waals surface area contributed by atoms with E-state index in [1.54, 1.807) is 6.07 Å². The molecule has 0 N–H and O–H groups in total. The summed E-state index contributed by atoms with van der Waals surface area (Å²) in [5, 5.41) is 0. The first kappa shape index (κ1) is 14.2. The van der Waals surface area contributed by atoms with E-state index in [1.807, 2.05) is 39.0 Å². The minimum absolute atomic E-state index is 0.543. The summed E-state index contributed by atoms with van der Waals surface area (Å²) in [5.74, 6) is 0. The third-order valence-corrected chi connectivity index (χ3v) is 3.95. The van der Waals surface area contributed by atoms with Crippen molar-refractivity contribution in [1.82, 2.24) is 0 Å². The Morgan fingerprint density at radius 2 is 1.30 bits per heavy atom. The van der Waals surface area contributed by atoms with Crippen molar-refractivity contribution in [3.8, 4) is 11.1 Å². The molecule has 0 amide bonds. The Labute approximate surface area is 125 Å². The van der Waals surface area contributed by atoms with Crippen LogP contribution in [0, 0.1) is 33.9 Å². The standard InChI is InChI=1S/C17H14N2S/c1-10-6-8-13(18-4)12(3)15(10)16-11(2)7-9-14(19-5)17(16)20/h6-9,20H,1-3H3. The van der Waals surface area contributed by atoms with E-state index in [2.05, 4.69) is 22.3 Å². The Hall–Kier alpha value is -2.23. The zero-order valence-corrected chi connectivity index (χ0v) is 12.5. The van der Waals surface area contributed by atoms with E-state index in [0.29, 0.717) is 16.3 Å². The summed E-state index contributed by atoms with van der Waals surface area (Å²) in [6.45, 7) is 20.5. The lowest BCUT2D eigenvalue weighted by Gasteiger charge is -2.17. The van der Waals surface area contributed by atoms with Gasteiger partial charge in [0.1, 0.15) is 0 Å². The molecule has 0 heterocycles. The molecule has 20 heavy (non-hydrogen) atoms. The molecule has 0 bridgehead atoms. The summed E-state index contributed by atoms with van der Waals surface area (Å²) in [6.07, 6.45) is 0. The first-order valence-electron chi connectivity index (χ1n) is 6.19. The molecule has 0 saturated heterocycles. The molecule has 2 rings (SSSR count). The first-order chi connectivity index (χ1) is 9.51. The molecule has 2 nitrogen and oxygen atoms in total. The van der Waals surface area contributed by atoms with E-state index in [-0.39, 0.29) is 0 Å². The van der Waals surface area contributed by atoms with Crippen LogP contribution in [0.1, 0.15) is 16.7 Å². The summed E-state index contributed by atoms with van der Waals surface area (Å²) in [6, 6.07) is 7.52. The van der Waals surface area contributed by atoms with Crippen molar-refractivity contribution in [2.24, 2.45) is 0 Å². The molecular formula is C17H14N2S. The molecule has 0 unspecified atom stereocenters. The van der Waals surface area contributed by atoms with Gasteiger partial charge in [0.2, 0.25) is 5.69 Å². The maximum Gasteiger partial charge on any atom is 0.200 e. The molecular weight excluding hydrogens is 264 g/mol. The van der Waals surface area contributed by atoms with Gasteiger partial charge in [-0.25, -0.2) is 9.69 Å². The second kappa shape index (κ2) is 5.41. The summed E-state index contributed by atoms with van der Waals surface area (Å²) < 4.78 is 0. The predicted molar refractivity (Wildman–Crippen MR) is 85.9 cm³/mol. The average molecular weight is 278 g/mol. The van der Waals surface area contributed by atoms with Gasteiger partial charge in [-0.05, 0) is 48.6 Å². The van der Waals surface area contributed by atoms with Crippen LogP contribution in [0.2, 0.25) is 0 Å². The molecule has 0 fully saturated rings. The second-order valence-corrected chi connectivity index (χ2v) is 5.20. The lowest BCUT2D eigenvalue weighted by molar-refractivity contribution is 1.31. The molecule has 98 valence electrons. The highest BCUT2D eigenvalue weighted by Gasteiger charge is 2.16. The van der Waals surface area contributed by atoms with E-state index in [4.69, 9.17) is 13.1 Å². The van der Waals surface area contributed by atoms with Crippen LogP contribution in [-0.2, 0) is 0 Å². The Morgan fingerprint density at radius 3 is 1.85 bits per heavy atom. The van der Waals surface area contributed by atoms with Crippen molar-refractivity contribution in [3.05, 3.63) is 63.8 Å². The molecule has 0 aliphatic heterocycles. The normalized spacial score (nSPS) is 9.90. The maximum absolute atomic E-state index is 7.26. The topological polar surface area (TPSA) is 8.72 Å². The maximum atomic E-state index is 7.26. The molecule has 2 aromatic rings. The van der Waals surface area contributed by atoms with Crippen molar-refractivity contribution in [2.75, 3.05) is 0 Å². The number of nitrogens with zero attached hydrogens (tertiary/aromatic N) is 2. The van der Waals surface area contributed by atoms with E-state index in [0.717, 1.165) is 27.8 Å². The van der Waals surface area contributed by atoms with Crippen molar-refractivity contribution in [3.63, 3.8) is 0 Å². The highest BCUT2D eigenvalue weighted by atomic mass is 32.1. The molecule has 0 spiro atoms. The Balaban J connectivity index is 2.90. The molecule has 3 heteroatoms. The third-order valence-electron chi connectivity index (χ3n) is 3.50. The molecule has 0 aliphatic rings. The van der Waals surface area contributed by atoms with Crippen molar-refractivity contribution in [1.29, 1.82) is 0 Å². The Bertz CT molecular complexity index is 710. The van der Waals surface area contributed by atoms with Gasteiger partial charge in [0.25, 0.3) is 0 Å². The van der Waals surface area contributed by atoms with E-state index < -0.39 is 0 Å². The highest BCUT2D eigenvalue weighted by Crippen LogP contribution is 2.41. The fraction of sp³-hybridized carbons (Fsp3) is 0.176. The van der Waals surface area contributed by atoms with Gasteiger partial charge in [-0.15, -0.1) is 0 Å². The fourth-order valence-electron chi connectivity index (χ4n) is 2.43. The zero-order valence-electron chi connectivity index (χ0n) is 11.7. The summed E-state index contributed by atoms with van der Waals surface area (Å²) >= 11 is 4.54. The Kier molecular flexibility index (Phi) is 3.84. The largest absolute Gasteiger partial charge is 0.238 e. The van der Waals surface area contributed by atoms with Gasteiger partial charge in [-0.3, -0.25) is 0 Å². The van der Waals surface area contributed by atoms with Gasteiger partial charge >= 0.3 is 0 Å². The highest BCUT2D eigenvalue weighted by molar-refractivity contribution is 7.80. The number of benzene rings is 2. The SMILES string of the molecule is [C-]#[N+]c1ccc(C)c(-c2c(C)ccc([N+]#[C-])c2S)c1C. The number of hydrogen-bond donors (Lipinski definition) is 1. The third kappa shape index (κ3) is 2.18. The number of hydrogen-bond acceptors (Lipinski definition) is 1. The monoisotopic (exact) mass is 278 g/mol. The van der Waals surface area contributed by atoms with Gasteiger partial charge in [0, 0.05) is 4.90 Å². The van der Waals surface area contributed by atoms with Gasteiger partial charge in [-0.1, -0.05) is 24.3 Å². The van der Waals surface area contributed by atoms with Gasteiger partial charge in [0.05, 0.1) is 13.1 Å². The van der Waals surface area contributed by atoms with Crippen LogP contribution in [0.15, 0.2) is 29.2 Å². The summed E-state index contributed by atoms with van der Waals surface area (Å²) in [5.41, 5.74) is 6.27. The lowest BCUT2D eigenvalue weighted by atomic mass is 9.91. The van der Waals surface area contributed by atoms with E-state index in [9.17, 15) is 0 Å². The van der Waals surface area contributed by atoms with Gasteiger partial charge < -0.3 is 0 Å². The molecule has 0 aromatic heterocycles. The molecule has 0 atom stereocenters. The van der Waals surface area contributed by atoms with Crippen LogP contribution < -0.4 is 0 Å². The minimum atomic E-state index is 0.543. The van der Waals surface area contributed by atoms with E-state index in [1.165, 1.54) is 0 Å². The van der Waals surface area contributed by atoms with Gasteiger partial charge in [0.15, 0.2) is 5.69 Å². The molecule has 0 saturated carbocycles. The van der Waals surface area contributed by atoms with Crippen LogP contribution >= 0.6 is 12.6 Å². The Morgan fingerprint density at radius 1 is 0.800 bits per heavy atom. The average Bonchev–Trinajstić information content (AvgIpc) is 2.42. The van der Waals surface area contributed by atoms with Crippen LogP contribution in [0.5, 0.6) is 0 Å². The molecule has 2 aromatic carbocycles. The van der Waals surface area contributed by atoms with Crippen molar-refractivity contribution >= 4 is 24.0 Å². The summed E-state index contributed by atoms with van der Waals surface area (Å²) in [4.78, 5) is 7.76. The molecule has 0 radical (unpaired) electrons. The van der Waals surface area contributed by atoms with Crippen LogP contribution in [0.4, 0.5) is 11.4 Å². The smallest absolute Gasteiger partial charge is 0.200 e.